The van der Waals surface area contributed by atoms with E-state index in [9.17, 15) is 4.79 Å². The molecular formula is C22H26N6O3. The first-order valence-electron chi connectivity index (χ1n) is 9.57. The summed E-state index contributed by atoms with van der Waals surface area (Å²) >= 11 is 0. The van der Waals surface area contributed by atoms with Crippen molar-refractivity contribution in [3.63, 3.8) is 0 Å². The van der Waals surface area contributed by atoms with E-state index in [-0.39, 0.29) is 6.03 Å². The first kappa shape index (κ1) is 21.7. The van der Waals surface area contributed by atoms with Crippen LogP contribution in [-0.2, 0) is 0 Å². The lowest BCUT2D eigenvalue weighted by Gasteiger charge is -2.14. The number of nitrogens with one attached hydrogen (secondary N) is 3. The minimum Gasteiger partial charge on any atom is -0.497 e. The van der Waals surface area contributed by atoms with Gasteiger partial charge in [0.2, 0.25) is 0 Å². The molecule has 0 aliphatic carbocycles. The third-order valence-electron chi connectivity index (χ3n) is 4.31. The molecule has 9 nitrogen and oxygen atoms in total. The Hall–Kier alpha value is -4.01. The molecular weight excluding hydrogens is 396 g/mol. The summed E-state index contributed by atoms with van der Waals surface area (Å²) in [5.41, 5.74) is 2.04. The second-order valence-corrected chi connectivity index (χ2v) is 6.94. The summed E-state index contributed by atoms with van der Waals surface area (Å²) in [6.07, 6.45) is 0. The molecule has 1 aromatic heterocycles. The molecule has 2 amide bonds. The third kappa shape index (κ3) is 5.99. The largest absolute Gasteiger partial charge is 0.497 e. The number of hydrogen-bond acceptors (Lipinski definition) is 7. The number of aromatic nitrogens is 2. The number of ether oxygens (including phenoxy) is 2. The molecule has 0 unspecified atom stereocenters. The van der Waals surface area contributed by atoms with E-state index >= 15 is 0 Å². The zero-order valence-electron chi connectivity index (χ0n) is 18.2. The van der Waals surface area contributed by atoms with Gasteiger partial charge in [-0.25, -0.2) is 14.8 Å². The molecule has 0 aliphatic heterocycles. The molecule has 3 rings (SSSR count). The minimum atomic E-state index is -0.377. The van der Waals surface area contributed by atoms with Crippen LogP contribution in [0.2, 0.25) is 0 Å². The molecule has 9 heteroatoms. The lowest BCUT2D eigenvalue weighted by Crippen LogP contribution is -2.19. The number of hydrogen-bond donors (Lipinski definition) is 3. The van der Waals surface area contributed by atoms with Gasteiger partial charge in [0.25, 0.3) is 0 Å². The van der Waals surface area contributed by atoms with Crippen LogP contribution >= 0.6 is 0 Å². The molecule has 3 N–H and O–H groups in total. The van der Waals surface area contributed by atoms with E-state index in [2.05, 4.69) is 25.9 Å². The fourth-order valence-electron chi connectivity index (χ4n) is 2.80. The van der Waals surface area contributed by atoms with E-state index in [1.807, 2.05) is 44.1 Å². The normalized spacial score (nSPS) is 10.2. The Kier molecular flexibility index (Phi) is 6.76. The Morgan fingerprint density at radius 2 is 1.42 bits per heavy atom. The van der Waals surface area contributed by atoms with Gasteiger partial charge in [-0.15, -0.1) is 0 Å². The highest BCUT2D eigenvalue weighted by Crippen LogP contribution is 2.26. The second-order valence-electron chi connectivity index (χ2n) is 6.94. The van der Waals surface area contributed by atoms with Crippen molar-refractivity contribution in [3.05, 3.63) is 54.4 Å². The lowest BCUT2D eigenvalue weighted by molar-refractivity contribution is 0.262. The number of urea groups is 1. The quantitative estimate of drug-likeness (QED) is 0.523. The number of nitrogens with zero attached hydrogens (tertiary/aromatic N) is 3. The number of aryl methyl sites for hydroxylation is 1. The van der Waals surface area contributed by atoms with Gasteiger partial charge in [-0.2, -0.15) is 0 Å². The summed E-state index contributed by atoms with van der Waals surface area (Å²) in [6.45, 7) is 1.85. The second kappa shape index (κ2) is 9.66. The van der Waals surface area contributed by atoms with Crippen LogP contribution in [0, 0.1) is 6.92 Å². The van der Waals surface area contributed by atoms with Crippen molar-refractivity contribution < 1.29 is 14.3 Å². The van der Waals surface area contributed by atoms with Gasteiger partial charge in [0, 0.05) is 55.4 Å². The van der Waals surface area contributed by atoms with Gasteiger partial charge in [0.05, 0.1) is 14.2 Å². The summed E-state index contributed by atoms with van der Waals surface area (Å²) in [7, 11) is 6.97. The summed E-state index contributed by atoms with van der Waals surface area (Å²) in [6, 6.07) is 14.0. The highest BCUT2D eigenvalue weighted by atomic mass is 16.5. The molecule has 0 radical (unpaired) electrons. The van der Waals surface area contributed by atoms with Crippen LogP contribution in [0.1, 0.15) is 5.82 Å². The first-order valence-corrected chi connectivity index (χ1v) is 9.57. The SMILES string of the molecule is COc1cc(NC(=O)Nc2ccc(Nc3cc(N(C)C)nc(C)n3)cc2)cc(OC)c1. The first-order chi connectivity index (χ1) is 14.9. The fraction of sp³-hybridized carbons (Fsp3) is 0.227. The summed E-state index contributed by atoms with van der Waals surface area (Å²) in [4.78, 5) is 23.1. The number of benzene rings is 2. The van der Waals surface area contributed by atoms with Crippen LogP contribution in [0.25, 0.3) is 0 Å². The van der Waals surface area contributed by atoms with Gasteiger partial charge in [-0.1, -0.05) is 0 Å². The molecule has 3 aromatic rings. The smallest absolute Gasteiger partial charge is 0.323 e. The Bertz CT molecular complexity index is 1030. The van der Waals surface area contributed by atoms with Crippen LogP contribution < -0.4 is 30.3 Å². The van der Waals surface area contributed by atoms with Gasteiger partial charge in [0.1, 0.15) is 29.0 Å². The van der Waals surface area contributed by atoms with Gasteiger partial charge in [0.15, 0.2) is 0 Å². The monoisotopic (exact) mass is 422 g/mol. The number of methoxy groups -OCH3 is 2. The van der Waals surface area contributed by atoms with Crippen LogP contribution in [0.3, 0.4) is 0 Å². The number of amides is 2. The van der Waals surface area contributed by atoms with E-state index in [0.717, 1.165) is 11.5 Å². The van der Waals surface area contributed by atoms with Crippen molar-refractivity contribution >= 4 is 34.7 Å². The maximum atomic E-state index is 12.4. The Labute approximate surface area is 181 Å². The van der Waals surface area contributed by atoms with Crippen LogP contribution in [0.15, 0.2) is 48.5 Å². The number of carbonyl (C=O) groups is 1. The van der Waals surface area contributed by atoms with Crippen molar-refractivity contribution in [3.8, 4) is 11.5 Å². The molecule has 162 valence electrons. The average molecular weight is 422 g/mol. The third-order valence-corrected chi connectivity index (χ3v) is 4.31. The molecule has 31 heavy (non-hydrogen) atoms. The van der Waals surface area contributed by atoms with Gasteiger partial charge in [-0.3, -0.25) is 0 Å². The zero-order chi connectivity index (χ0) is 22.4. The van der Waals surface area contributed by atoms with E-state index in [0.29, 0.717) is 34.5 Å². The standard InChI is InChI=1S/C22H26N6O3/c1-14-23-20(13-21(24-14)28(2)3)25-15-6-8-16(9-7-15)26-22(29)27-17-10-18(30-4)12-19(11-17)31-5/h6-13H,1-5H3,(H,23,24,25)(H2,26,27,29). The minimum absolute atomic E-state index is 0.377. The number of carbonyl (C=O) groups excluding carboxylic acids is 1. The van der Waals surface area contributed by atoms with E-state index in [1.165, 1.54) is 0 Å². The Morgan fingerprint density at radius 1 is 0.839 bits per heavy atom. The fourth-order valence-corrected chi connectivity index (χ4v) is 2.80. The van der Waals surface area contributed by atoms with Crippen molar-refractivity contribution in [2.24, 2.45) is 0 Å². The average Bonchev–Trinajstić information content (AvgIpc) is 2.74. The molecule has 0 saturated heterocycles. The molecule has 0 fully saturated rings. The molecule has 0 spiro atoms. The predicted octanol–water partition coefficient (Wildman–Crippen LogP) is 4.26. The van der Waals surface area contributed by atoms with Crippen LogP contribution in [-0.4, -0.2) is 44.3 Å². The summed E-state index contributed by atoms with van der Waals surface area (Å²) in [5.74, 6) is 3.36. The van der Waals surface area contributed by atoms with Crippen molar-refractivity contribution in [1.29, 1.82) is 0 Å². The van der Waals surface area contributed by atoms with Crippen molar-refractivity contribution in [2.75, 3.05) is 49.2 Å². The summed E-state index contributed by atoms with van der Waals surface area (Å²) in [5, 5.41) is 8.82. The molecule has 1 heterocycles. The maximum absolute atomic E-state index is 12.4. The van der Waals surface area contributed by atoms with E-state index < -0.39 is 0 Å². The molecule has 0 aliphatic rings. The topological polar surface area (TPSA) is 101 Å². The highest BCUT2D eigenvalue weighted by Gasteiger charge is 2.08. The van der Waals surface area contributed by atoms with E-state index in [1.54, 1.807) is 44.6 Å². The summed E-state index contributed by atoms with van der Waals surface area (Å²) < 4.78 is 10.4. The Balaban J connectivity index is 1.64. The number of rotatable bonds is 7. The van der Waals surface area contributed by atoms with Crippen molar-refractivity contribution in [1.82, 2.24) is 9.97 Å². The molecule has 2 aromatic carbocycles. The zero-order valence-corrected chi connectivity index (χ0v) is 18.2. The highest BCUT2D eigenvalue weighted by molar-refractivity contribution is 6.00. The van der Waals surface area contributed by atoms with Gasteiger partial charge < -0.3 is 30.3 Å². The van der Waals surface area contributed by atoms with Gasteiger partial charge in [-0.05, 0) is 31.2 Å². The van der Waals surface area contributed by atoms with Gasteiger partial charge >= 0.3 is 6.03 Å². The van der Waals surface area contributed by atoms with E-state index in [4.69, 9.17) is 9.47 Å². The van der Waals surface area contributed by atoms with Crippen LogP contribution in [0.5, 0.6) is 11.5 Å². The van der Waals surface area contributed by atoms with Crippen molar-refractivity contribution in [2.45, 2.75) is 6.92 Å². The molecule has 0 bridgehead atoms. The molecule has 0 saturated carbocycles. The molecule has 0 atom stereocenters. The van der Waals surface area contributed by atoms with Crippen LogP contribution in [0.4, 0.5) is 33.5 Å². The predicted molar refractivity (Wildman–Crippen MR) is 123 cm³/mol. The lowest BCUT2D eigenvalue weighted by atomic mass is 10.2. The maximum Gasteiger partial charge on any atom is 0.323 e. The Morgan fingerprint density at radius 3 is 2.00 bits per heavy atom. The number of anilines is 5.